The number of rotatable bonds is 2. The fourth-order valence-corrected chi connectivity index (χ4v) is 2.97. The van der Waals surface area contributed by atoms with Gasteiger partial charge >= 0.3 is 0 Å². The number of pyridine rings is 1. The Morgan fingerprint density at radius 1 is 1.12 bits per heavy atom. The molecule has 2 heterocycles. The minimum atomic E-state index is -0.356. The van der Waals surface area contributed by atoms with Crippen LogP contribution in [-0.4, -0.2) is 14.5 Å². The van der Waals surface area contributed by atoms with Crippen molar-refractivity contribution < 1.29 is 0 Å². The van der Waals surface area contributed by atoms with Crippen molar-refractivity contribution in [3.8, 4) is 22.9 Å². The van der Waals surface area contributed by atoms with Gasteiger partial charge in [-0.05, 0) is 42.8 Å². The van der Waals surface area contributed by atoms with Crippen molar-refractivity contribution in [3.63, 3.8) is 0 Å². The van der Waals surface area contributed by atoms with Crippen molar-refractivity contribution in [3.05, 3.63) is 82.5 Å². The third-order valence-electron chi connectivity index (χ3n) is 4.27. The predicted octanol–water partition coefficient (Wildman–Crippen LogP) is 3.56. The molecular formula is C20H14N4O. The highest BCUT2D eigenvalue weighted by Crippen LogP contribution is 2.25. The first-order valence-electron chi connectivity index (χ1n) is 7.84. The Morgan fingerprint density at radius 3 is 2.64 bits per heavy atom. The summed E-state index contributed by atoms with van der Waals surface area (Å²) in [4.78, 5) is 18.8. The summed E-state index contributed by atoms with van der Waals surface area (Å²) in [6.07, 6.45) is 1.80. The van der Waals surface area contributed by atoms with Crippen LogP contribution < -0.4 is 5.56 Å². The third-order valence-corrected chi connectivity index (χ3v) is 4.27. The number of aromatic nitrogens is 3. The molecule has 4 rings (SSSR count). The highest BCUT2D eigenvalue weighted by Gasteiger charge is 2.09. The molecule has 0 saturated heterocycles. The number of H-pyrrole nitrogens is 1. The van der Waals surface area contributed by atoms with Crippen LogP contribution in [0.25, 0.3) is 27.8 Å². The van der Waals surface area contributed by atoms with Gasteiger partial charge in [0.2, 0.25) is 0 Å². The van der Waals surface area contributed by atoms with Crippen LogP contribution >= 0.6 is 0 Å². The average molecular weight is 326 g/mol. The second-order valence-electron chi connectivity index (χ2n) is 5.81. The maximum Gasteiger partial charge on any atom is 0.266 e. The van der Waals surface area contributed by atoms with Gasteiger partial charge in [-0.3, -0.25) is 9.36 Å². The molecule has 0 bridgehead atoms. The topological polar surface area (TPSA) is 74.5 Å². The van der Waals surface area contributed by atoms with E-state index in [2.05, 4.69) is 9.97 Å². The van der Waals surface area contributed by atoms with Crippen molar-refractivity contribution in [2.75, 3.05) is 0 Å². The molecule has 2 aromatic heterocycles. The fraction of sp³-hybridized carbons (Fsp3) is 0.0500. The summed E-state index contributed by atoms with van der Waals surface area (Å²) in [6.45, 7) is 1.83. The molecule has 5 nitrogen and oxygen atoms in total. The van der Waals surface area contributed by atoms with Crippen LogP contribution in [0, 0.1) is 18.3 Å². The molecule has 0 spiro atoms. The Bertz CT molecular complexity index is 1180. The van der Waals surface area contributed by atoms with Crippen LogP contribution in [0.15, 0.2) is 65.7 Å². The number of imidazole rings is 1. The first-order valence-corrected chi connectivity index (χ1v) is 7.84. The predicted molar refractivity (Wildman–Crippen MR) is 96.6 cm³/mol. The molecule has 0 aliphatic heterocycles. The van der Waals surface area contributed by atoms with Crippen LogP contribution in [0.1, 0.15) is 11.3 Å². The summed E-state index contributed by atoms with van der Waals surface area (Å²) in [6, 6.07) is 19.5. The Balaban J connectivity index is 1.79. The van der Waals surface area contributed by atoms with Crippen LogP contribution in [0.4, 0.5) is 0 Å². The molecule has 4 aromatic rings. The van der Waals surface area contributed by atoms with E-state index in [0.29, 0.717) is 0 Å². The second kappa shape index (κ2) is 5.77. The second-order valence-corrected chi connectivity index (χ2v) is 5.81. The average Bonchev–Trinajstić information content (AvgIpc) is 3.06. The Labute approximate surface area is 143 Å². The standard InChI is InChI=1S/C20H14N4O/c1-13-17(10-15(11-21)20(25)23-13)14-6-8-16(9-7-14)24-12-22-18-4-2-3-5-19(18)24/h2-10,12H,1H3,(H,23,25). The van der Waals surface area contributed by atoms with Crippen LogP contribution in [0.2, 0.25) is 0 Å². The largest absolute Gasteiger partial charge is 0.325 e. The Hall–Kier alpha value is -3.65. The molecule has 5 heteroatoms. The molecule has 0 radical (unpaired) electrons. The van der Waals surface area contributed by atoms with Crippen molar-refractivity contribution in [1.29, 1.82) is 5.26 Å². The lowest BCUT2D eigenvalue weighted by Gasteiger charge is -2.09. The fourth-order valence-electron chi connectivity index (χ4n) is 2.97. The highest BCUT2D eigenvalue weighted by atomic mass is 16.1. The first kappa shape index (κ1) is 14.9. The maximum absolute atomic E-state index is 11.7. The summed E-state index contributed by atoms with van der Waals surface area (Å²) in [5.41, 5.74) is 5.28. The van der Waals surface area contributed by atoms with Gasteiger partial charge in [0.15, 0.2) is 0 Å². The van der Waals surface area contributed by atoms with E-state index in [1.165, 1.54) is 0 Å². The number of hydrogen-bond acceptors (Lipinski definition) is 3. The van der Waals surface area contributed by atoms with E-state index >= 15 is 0 Å². The van der Waals surface area contributed by atoms with E-state index in [1.54, 1.807) is 12.4 Å². The number of hydrogen-bond donors (Lipinski definition) is 1. The van der Waals surface area contributed by atoms with Gasteiger partial charge in [-0.15, -0.1) is 0 Å². The van der Waals surface area contributed by atoms with E-state index in [4.69, 9.17) is 5.26 Å². The monoisotopic (exact) mass is 326 g/mol. The Kier molecular flexibility index (Phi) is 3.44. The third kappa shape index (κ3) is 2.50. The van der Waals surface area contributed by atoms with Gasteiger partial charge in [-0.25, -0.2) is 4.98 Å². The molecule has 1 N–H and O–H groups in total. The molecule has 2 aromatic carbocycles. The summed E-state index contributed by atoms with van der Waals surface area (Å²) in [5, 5.41) is 9.07. The van der Waals surface area contributed by atoms with Gasteiger partial charge in [0.25, 0.3) is 5.56 Å². The number of nitrogens with zero attached hydrogens (tertiary/aromatic N) is 3. The van der Waals surface area contributed by atoms with Gasteiger partial charge in [0.05, 0.1) is 11.0 Å². The molecule has 0 unspecified atom stereocenters. The number of nitriles is 1. The van der Waals surface area contributed by atoms with E-state index in [0.717, 1.165) is 33.5 Å². The van der Waals surface area contributed by atoms with Crippen molar-refractivity contribution in [2.45, 2.75) is 6.92 Å². The summed E-state index contributed by atoms with van der Waals surface area (Å²) in [5.74, 6) is 0. The van der Waals surface area contributed by atoms with Gasteiger partial charge in [0, 0.05) is 16.9 Å². The number of benzene rings is 2. The van der Waals surface area contributed by atoms with Gasteiger partial charge < -0.3 is 4.98 Å². The zero-order valence-electron chi connectivity index (χ0n) is 13.5. The zero-order valence-corrected chi connectivity index (χ0v) is 13.5. The SMILES string of the molecule is Cc1[nH]c(=O)c(C#N)cc1-c1ccc(-n2cnc3ccccc32)cc1. The zero-order chi connectivity index (χ0) is 17.4. The molecule has 0 fully saturated rings. The molecule has 25 heavy (non-hydrogen) atoms. The number of aryl methyl sites for hydroxylation is 1. The minimum absolute atomic E-state index is 0.116. The van der Waals surface area contributed by atoms with Crippen molar-refractivity contribution in [1.82, 2.24) is 14.5 Å². The summed E-state index contributed by atoms with van der Waals surface area (Å²) < 4.78 is 2.03. The number of aromatic amines is 1. The maximum atomic E-state index is 11.7. The van der Waals surface area contributed by atoms with Crippen molar-refractivity contribution in [2.24, 2.45) is 0 Å². The van der Waals surface area contributed by atoms with E-state index in [9.17, 15) is 4.79 Å². The van der Waals surface area contributed by atoms with E-state index in [-0.39, 0.29) is 11.1 Å². The van der Waals surface area contributed by atoms with Gasteiger partial charge in [-0.1, -0.05) is 24.3 Å². The summed E-state index contributed by atoms with van der Waals surface area (Å²) in [7, 11) is 0. The normalized spacial score (nSPS) is 10.7. The minimum Gasteiger partial charge on any atom is -0.325 e. The first-order chi connectivity index (χ1) is 12.2. The van der Waals surface area contributed by atoms with Gasteiger partial charge in [-0.2, -0.15) is 5.26 Å². The molecule has 0 atom stereocenters. The van der Waals surface area contributed by atoms with Gasteiger partial charge in [0.1, 0.15) is 18.0 Å². The lowest BCUT2D eigenvalue weighted by Crippen LogP contribution is -2.11. The van der Waals surface area contributed by atoms with E-state index in [1.807, 2.05) is 66.1 Å². The van der Waals surface area contributed by atoms with Crippen LogP contribution in [0.3, 0.4) is 0 Å². The molecule has 0 amide bonds. The molecule has 120 valence electrons. The molecule has 0 aliphatic rings. The van der Waals surface area contributed by atoms with E-state index < -0.39 is 0 Å². The number of fused-ring (bicyclic) bond motifs is 1. The van der Waals surface area contributed by atoms with Crippen LogP contribution in [-0.2, 0) is 0 Å². The molecule has 0 aliphatic carbocycles. The van der Waals surface area contributed by atoms with Crippen LogP contribution in [0.5, 0.6) is 0 Å². The highest BCUT2D eigenvalue weighted by molar-refractivity contribution is 5.77. The number of nitrogens with one attached hydrogen (secondary N) is 1. The van der Waals surface area contributed by atoms with Crippen molar-refractivity contribution >= 4 is 11.0 Å². The molecule has 0 saturated carbocycles. The number of para-hydroxylation sites is 2. The lowest BCUT2D eigenvalue weighted by atomic mass is 10.0. The Morgan fingerprint density at radius 2 is 1.88 bits per heavy atom. The summed E-state index contributed by atoms with van der Waals surface area (Å²) >= 11 is 0. The molecular weight excluding hydrogens is 312 g/mol. The quantitative estimate of drug-likeness (QED) is 0.612. The smallest absolute Gasteiger partial charge is 0.266 e. The lowest BCUT2D eigenvalue weighted by molar-refractivity contribution is 1.09.